The number of hydrogen-bond donors (Lipinski definition) is 0. The molecule has 9 rings (SSSR count). The van der Waals surface area contributed by atoms with E-state index in [0.717, 1.165) is 0 Å². The predicted octanol–water partition coefficient (Wildman–Crippen LogP) is 10.7. The van der Waals surface area contributed by atoms with Crippen LogP contribution in [-0.2, 0) is 0 Å². The molecular formula is C34H19NS2. The molecule has 0 amide bonds. The molecule has 3 heterocycles. The van der Waals surface area contributed by atoms with E-state index in [4.69, 9.17) is 0 Å². The minimum Gasteiger partial charge on any atom is -0.309 e. The molecule has 0 fully saturated rings. The van der Waals surface area contributed by atoms with Gasteiger partial charge in [-0.25, -0.2) is 0 Å². The second kappa shape index (κ2) is 7.19. The summed E-state index contributed by atoms with van der Waals surface area (Å²) in [7, 11) is 0. The minimum atomic E-state index is 1.25. The van der Waals surface area contributed by atoms with Crippen molar-refractivity contribution in [2.45, 2.75) is 0 Å². The van der Waals surface area contributed by atoms with Gasteiger partial charge in [-0.3, -0.25) is 0 Å². The molecule has 0 bridgehead atoms. The summed E-state index contributed by atoms with van der Waals surface area (Å²) < 4.78 is 7.87. The quantitative estimate of drug-likeness (QED) is 0.209. The van der Waals surface area contributed by atoms with Crippen molar-refractivity contribution in [1.29, 1.82) is 0 Å². The lowest BCUT2D eigenvalue weighted by atomic mass is 10.1. The summed E-state index contributed by atoms with van der Waals surface area (Å²) in [5.74, 6) is 0. The van der Waals surface area contributed by atoms with Gasteiger partial charge < -0.3 is 4.57 Å². The van der Waals surface area contributed by atoms with E-state index in [-0.39, 0.29) is 0 Å². The third-order valence-electron chi connectivity index (χ3n) is 7.75. The van der Waals surface area contributed by atoms with Crippen LogP contribution in [-0.4, -0.2) is 4.57 Å². The average molecular weight is 506 g/mol. The summed E-state index contributed by atoms with van der Waals surface area (Å²) in [6.07, 6.45) is 0. The van der Waals surface area contributed by atoms with E-state index < -0.39 is 0 Å². The van der Waals surface area contributed by atoms with Crippen LogP contribution in [0.2, 0.25) is 0 Å². The van der Waals surface area contributed by atoms with Gasteiger partial charge in [0.05, 0.1) is 16.7 Å². The van der Waals surface area contributed by atoms with Crippen molar-refractivity contribution in [1.82, 2.24) is 4.57 Å². The lowest BCUT2D eigenvalue weighted by Gasteiger charge is -2.10. The summed E-state index contributed by atoms with van der Waals surface area (Å²) in [6, 6.07) is 42.7. The number of fused-ring (bicyclic) bond motifs is 10. The zero-order valence-corrected chi connectivity index (χ0v) is 21.4. The maximum atomic E-state index is 2.50. The summed E-state index contributed by atoms with van der Waals surface area (Å²) in [6.45, 7) is 0. The van der Waals surface area contributed by atoms with Crippen molar-refractivity contribution >= 4 is 95.6 Å². The van der Waals surface area contributed by atoms with Crippen LogP contribution in [0, 0.1) is 0 Å². The van der Waals surface area contributed by atoms with Crippen molar-refractivity contribution in [2.75, 3.05) is 0 Å². The van der Waals surface area contributed by atoms with Crippen LogP contribution < -0.4 is 0 Å². The summed E-state index contributed by atoms with van der Waals surface area (Å²) in [5.41, 5.74) is 3.78. The molecule has 0 unspecified atom stereocenters. The molecule has 37 heavy (non-hydrogen) atoms. The van der Waals surface area contributed by atoms with Gasteiger partial charge in [-0.1, -0.05) is 66.7 Å². The van der Waals surface area contributed by atoms with Gasteiger partial charge in [-0.2, -0.15) is 0 Å². The maximum Gasteiger partial charge on any atom is 0.0555 e. The highest BCUT2D eigenvalue weighted by atomic mass is 32.1. The molecule has 3 aromatic heterocycles. The van der Waals surface area contributed by atoms with Gasteiger partial charge in [0.15, 0.2) is 0 Å². The molecule has 0 radical (unpaired) electrons. The molecule has 0 saturated carbocycles. The second-order valence-electron chi connectivity index (χ2n) is 9.76. The Morgan fingerprint density at radius 3 is 2.03 bits per heavy atom. The normalized spacial score (nSPS) is 12.3. The van der Waals surface area contributed by atoms with Crippen LogP contribution in [0.15, 0.2) is 115 Å². The first-order valence-corrected chi connectivity index (χ1v) is 14.2. The first-order valence-electron chi connectivity index (χ1n) is 12.5. The zero-order valence-electron chi connectivity index (χ0n) is 19.7. The first kappa shape index (κ1) is 19.9. The largest absolute Gasteiger partial charge is 0.309 e. The van der Waals surface area contributed by atoms with Gasteiger partial charge in [0.1, 0.15) is 0 Å². The summed E-state index contributed by atoms with van der Waals surface area (Å²) >= 11 is 3.78. The van der Waals surface area contributed by atoms with E-state index in [1.165, 1.54) is 78.6 Å². The highest BCUT2D eigenvalue weighted by Crippen LogP contribution is 2.44. The Bertz CT molecular complexity index is 2360. The SMILES string of the molecule is c1ccc2cc3c(cc2c1)sc1cccc(-n2c4ccccc4c4cc5sc6ccccc6c5cc42)c13. The van der Waals surface area contributed by atoms with E-state index in [0.29, 0.717) is 0 Å². The fraction of sp³-hybridized carbons (Fsp3) is 0. The van der Waals surface area contributed by atoms with Gasteiger partial charge in [-0.05, 0) is 59.3 Å². The van der Waals surface area contributed by atoms with Crippen molar-refractivity contribution < 1.29 is 0 Å². The van der Waals surface area contributed by atoms with Crippen LogP contribution in [0.25, 0.3) is 78.6 Å². The molecule has 6 aromatic carbocycles. The van der Waals surface area contributed by atoms with Crippen molar-refractivity contribution in [2.24, 2.45) is 0 Å². The molecule has 3 heteroatoms. The van der Waals surface area contributed by atoms with Crippen LogP contribution in [0.4, 0.5) is 0 Å². The van der Waals surface area contributed by atoms with Crippen molar-refractivity contribution in [3.05, 3.63) is 115 Å². The van der Waals surface area contributed by atoms with Gasteiger partial charge in [-0.15, -0.1) is 22.7 Å². The molecule has 0 N–H and O–H groups in total. The Hall–Kier alpha value is -4.18. The monoisotopic (exact) mass is 505 g/mol. The van der Waals surface area contributed by atoms with E-state index in [9.17, 15) is 0 Å². The third kappa shape index (κ3) is 2.68. The molecule has 0 spiro atoms. The van der Waals surface area contributed by atoms with Crippen molar-refractivity contribution in [3.8, 4) is 5.69 Å². The molecule has 0 aliphatic carbocycles. The highest BCUT2D eigenvalue weighted by molar-refractivity contribution is 7.26. The van der Waals surface area contributed by atoms with Crippen LogP contribution in [0.1, 0.15) is 0 Å². The first-order chi connectivity index (χ1) is 18.3. The Labute approximate surface area is 220 Å². The average Bonchev–Trinajstić information content (AvgIpc) is 3.59. The Morgan fingerprint density at radius 2 is 1.11 bits per heavy atom. The minimum absolute atomic E-state index is 1.25. The molecule has 0 atom stereocenters. The van der Waals surface area contributed by atoms with Crippen molar-refractivity contribution in [3.63, 3.8) is 0 Å². The Balaban J connectivity index is 1.48. The van der Waals surface area contributed by atoms with Crippen LogP contribution in [0.5, 0.6) is 0 Å². The van der Waals surface area contributed by atoms with E-state index in [1.54, 1.807) is 0 Å². The number of aromatic nitrogens is 1. The van der Waals surface area contributed by atoms with E-state index in [1.807, 2.05) is 22.7 Å². The topological polar surface area (TPSA) is 4.93 Å². The molecule has 1 nitrogen and oxygen atoms in total. The van der Waals surface area contributed by atoms with Gasteiger partial charge >= 0.3 is 0 Å². The number of nitrogens with zero attached hydrogens (tertiary/aromatic N) is 1. The van der Waals surface area contributed by atoms with Crippen LogP contribution >= 0.6 is 22.7 Å². The number of hydrogen-bond acceptors (Lipinski definition) is 2. The predicted molar refractivity (Wildman–Crippen MR) is 164 cm³/mol. The summed E-state index contributed by atoms with van der Waals surface area (Å²) in [4.78, 5) is 0. The maximum absolute atomic E-state index is 2.50. The standard InChI is InChI=1S/C34H19NS2/c1-2-9-21-17-32-26(16-20(21)8-1)34-28(13-7-15-31(34)37-32)35-27-12-5-3-10-22(27)24-19-33-25(18-29(24)35)23-11-4-6-14-30(23)36-33/h1-19H. The van der Waals surface area contributed by atoms with Gasteiger partial charge in [0, 0.05) is 51.1 Å². The fourth-order valence-corrected chi connectivity index (χ4v) is 8.41. The smallest absolute Gasteiger partial charge is 0.0555 e. The highest BCUT2D eigenvalue weighted by Gasteiger charge is 2.18. The third-order valence-corrected chi connectivity index (χ3v) is 10.0. The molecule has 0 aliphatic heterocycles. The molecule has 172 valence electrons. The summed E-state index contributed by atoms with van der Waals surface area (Å²) in [5, 5.41) is 10.6. The number of thiophene rings is 2. The zero-order chi connectivity index (χ0) is 24.1. The van der Waals surface area contributed by atoms with Crippen LogP contribution in [0.3, 0.4) is 0 Å². The van der Waals surface area contributed by atoms with Gasteiger partial charge in [0.25, 0.3) is 0 Å². The second-order valence-corrected chi connectivity index (χ2v) is 11.9. The molecule has 9 aromatic rings. The van der Waals surface area contributed by atoms with Gasteiger partial charge in [0.2, 0.25) is 0 Å². The fourth-order valence-electron chi connectivity index (χ4n) is 6.13. The lowest BCUT2D eigenvalue weighted by molar-refractivity contribution is 1.20. The number of para-hydroxylation sites is 1. The van der Waals surface area contributed by atoms with E-state index in [2.05, 4.69) is 120 Å². The molecular weight excluding hydrogens is 487 g/mol. The Kier molecular flexibility index (Phi) is 3.88. The lowest BCUT2D eigenvalue weighted by Crippen LogP contribution is -1.94. The molecule has 0 saturated heterocycles. The Morgan fingerprint density at radius 1 is 0.405 bits per heavy atom. The molecule has 0 aliphatic rings. The van der Waals surface area contributed by atoms with E-state index >= 15 is 0 Å². The number of rotatable bonds is 1. The number of benzene rings is 6.